The highest BCUT2D eigenvalue weighted by atomic mass is 79.9. The van der Waals surface area contributed by atoms with Crippen molar-refractivity contribution < 1.29 is 13.2 Å². The Hall–Kier alpha value is -2.09. The molecule has 1 amide bonds. The van der Waals surface area contributed by atoms with Gasteiger partial charge >= 0.3 is 0 Å². The van der Waals surface area contributed by atoms with Crippen LogP contribution in [0, 0.1) is 17.2 Å². The Kier molecular flexibility index (Phi) is 6.63. The lowest BCUT2D eigenvalue weighted by Gasteiger charge is -2.02. The van der Waals surface area contributed by atoms with Crippen molar-refractivity contribution in [2.24, 2.45) is 5.92 Å². The zero-order valence-corrected chi connectivity index (χ0v) is 17.2. The normalized spacial score (nSPS) is 12.0. The molecule has 0 bridgehead atoms. The van der Waals surface area contributed by atoms with E-state index in [4.69, 9.17) is 0 Å². The Bertz CT molecular complexity index is 974. The molecule has 0 saturated carbocycles. The van der Waals surface area contributed by atoms with Gasteiger partial charge in [0.25, 0.3) is 5.91 Å². The Morgan fingerprint density at radius 2 is 2.00 bits per heavy atom. The largest absolute Gasteiger partial charge is 0.296 e. The van der Waals surface area contributed by atoms with E-state index >= 15 is 0 Å². The first kappa shape index (κ1) is 20.2. The van der Waals surface area contributed by atoms with Gasteiger partial charge in [0.1, 0.15) is 11.6 Å². The monoisotopic (exact) mass is 454 g/mol. The van der Waals surface area contributed by atoms with E-state index < -0.39 is 15.7 Å². The Morgan fingerprint density at radius 1 is 1.35 bits per heavy atom. The average molecular weight is 455 g/mol. The topological polar surface area (TPSA) is 113 Å². The molecule has 0 radical (unpaired) electrons. The molecule has 0 fully saturated rings. The van der Waals surface area contributed by atoms with Crippen LogP contribution in [0.15, 0.2) is 38.7 Å². The molecule has 26 heavy (non-hydrogen) atoms. The van der Waals surface area contributed by atoms with Crippen LogP contribution in [0.5, 0.6) is 0 Å². The number of carbonyl (C=O) groups is 1. The molecule has 136 valence electrons. The van der Waals surface area contributed by atoms with Crippen molar-refractivity contribution in [1.82, 2.24) is 10.2 Å². The SMILES string of the molecule is CC(C)CS(=O)(=O)c1nnc(NC(=O)C(C#N)=Cc2ccc(Br)cc2)s1. The highest BCUT2D eigenvalue weighted by Gasteiger charge is 2.22. The molecule has 1 N–H and O–H groups in total. The van der Waals surface area contributed by atoms with Gasteiger partial charge in [-0.25, -0.2) is 8.42 Å². The average Bonchev–Trinajstić information content (AvgIpc) is 3.02. The number of nitrogens with one attached hydrogen (secondary N) is 1. The minimum Gasteiger partial charge on any atom is -0.296 e. The molecule has 2 rings (SSSR count). The van der Waals surface area contributed by atoms with Gasteiger partial charge in [0.05, 0.1) is 5.75 Å². The molecule has 1 heterocycles. The lowest BCUT2D eigenvalue weighted by Crippen LogP contribution is -2.13. The molecule has 0 aliphatic heterocycles. The summed E-state index contributed by atoms with van der Waals surface area (Å²) in [5.41, 5.74) is 0.548. The van der Waals surface area contributed by atoms with E-state index in [-0.39, 0.29) is 26.7 Å². The highest BCUT2D eigenvalue weighted by Crippen LogP contribution is 2.23. The summed E-state index contributed by atoms with van der Waals surface area (Å²) in [6.45, 7) is 3.57. The van der Waals surface area contributed by atoms with Gasteiger partial charge in [-0.15, -0.1) is 10.2 Å². The number of sulfone groups is 1. The van der Waals surface area contributed by atoms with Crippen LogP contribution in [0.25, 0.3) is 6.08 Å². The standard InChI is InChI=1S/C16H15BrN4O3S2/c1-10(2)9-26(23,24)16-21-20-15(25-16)19-14(22)12(8-18)7-11-3-5-13(17)6-4-11/h3-7,10H,9H2,1-2H3,(H,19,20,22). The van der Waals surface area contributed by atoms with Crippen molar-refractivity contribution in [1.29, 1.82) is 5.26 Å². The first-order chi connectivity index (χ1) is 12.2. The van der Waals surface area contributed by atoms with Crippen molar-refractivity contribution in [3.8, 4) is 6.07 Å². The fraction of sp³-hybridized carbons (Fsp3) is 0.250. The van der Waals surface area contributed by atoms with Crippen LogP contribution in [-0.4, -0.2) is 30.3 Å². The first-order valence-corrected chi connectivity index (χ1v) is 10.7. The van der Waals surface area contributed by atoms with Gasteiger partial charge in [-0.3, -0.25) is 10.1 Å². The number of hydrogen-bond acceptors (Lipinski definition) is 7. The summed E-state index contributed by atoms with van der Waals surface area (Å²) in [7, 11) is -3.54. The van der Waals surface area contributed by atoms with Crippen LogP contribution >= 0.6 is 27.3 Å². The van der Waals surface area contributed by atoms with Crippen LogP contribution in [0.3, 0.4) is 0 Å². The zero-order chi connectivity index (χ0) is 19.3. The minimum atomic E-state index is -3.54. The van der Waals surface area contributed by atoms with E-state index in [9.17, 15) is 18.5 Å². The minimum absolute atomic E-state index is 0.0225. The van der Waals surface area contributed by atoms with Gasteiger partial charge in [0.15, 0.2) is 0 Å². The second-order valence-electron chi connectivity index (χ2n) is 5.72. The number of aromatic nitrogens is 2. The predicted octanol–water partition coefficient (Wildman–Crippen LogP) is 3.28. The van der Waals surface area contributed by atoms with Gasteiger partial charge in [0, 0.05) is 4.47 Å². The molecule has 0 atom stereocenters. The summed E-state index contributed by atoms with van der Waals surface area (Å²) in [6, 6.07) is 8.89. The van der Waals surface area contributed by atoms with E-state index in [0.29, 0.717) is 5.56 Å². The molecular formula is C16H15BrN4O3S2. The molecule has 1 aromatic heterocycles. The number of amides is 1. The molecule has 7 nitrogen and oxygen atoms in total. The van der Waals surface area contributed by atoms with E-state index in [1.165, 1.54) is 6.08 Å². The predicted molar refractivity (Wildman–Crippen MR) is 103 cm³/mol. The maximum atomic E-state index is 12.2. The summed E-state index contributed by atoms with van der Waals surface area (Å²) in [4.78, 5) is 12.2. The fourth-order valence-corrected chi connectivity index (χ4v) is 4.81. The number of rotatable bonds is 6. The van der Waals surface area contributed by atoms with Gasteiger partial charge in [-0.1, -0.05) is 53.2 Å². The number of nitriles is 1. The first-order valence-electron chi connectivity index (χ1n) is 7.46. The Balaban J connectivity index is 2.16. The highest BCUT2D eigenvalue weighted by molar-refractivity contribution is 9.10. The third-order valence-corrected chi connectivity index (χ3v) is 6.88. The molecule has 0 saturated heterocycles. The number of halogens is 1. The van der Waals surface area contributed by atoms with Gasteiger partial charge < -0.3 is 0 Å². The van der Waals surface area contributed by atoms with E-state index in [2.05, 4.69) is 31.4 Å². The number of benzene rings is 1. The van der Waals surface area contributed by atoms with Gasteiger partial charge in [0.2, 0.25) is 19.3 Å². The second kappa shape index (κ2) is 8.53. The fourth-order valence-electron chi connectivity index (χ4n) is 1.93. The number of hydrogen-bond donors (Lipinski definition) is 1. The van der Waals surface area contributed by atoms with E-state index in [1.54, 1.807) is 38.1 Å². The summed E-state index contributed by atoms with van der Waals surface area (Å²) in [5.74, 6) is -0.789. The van der Waals surface area contributed by atoms with E-state index in [1.807, 2.05) is 6.07 Å². The van der Waals surface area contributed by atoms with Crippen molar-refractivity contribution in [3.05, 3.63) is 39.9 Å². The van der Waals surface area contributed by atoms with Crippen LogP contribution in [-0.2, 0) is 14.6 Å². The Labute approximate surface area is 163 Å². The third kappa shape index (κ3) is 5.45. The summed E-state index contributed by atoms with van der Waals surface area (Å²) in [5, 5.41) is 19.0. The smallest absolute Gasteiger partial charge is 0.268 e. The quantitative estimate of drug-likeness (QED) is 0.406. The molecule has 0 aliphatic carbocycles. The molecule has 0 unspecified atom stereocenters. The Morgan fingerprint density at radius 3 is 2.58 bits per heavy atom. The number of nitrogens with zero attached hydrogens (tertiary/aromatic N) is 3. The molecule has 1 aromatic carbocycles. The van der Waals surface area contributed by atoms with Crippen molar-refractivity contribution >= 4 is 54.2 Å². The third-order valence-electron chi connectivity index (χ3n) is 2.99. The molecule has 0 spiro atoms. The molecule has 10 heteroatoms. The van der Waals surface area contributed by atoms with Gasteiger partial charge in [-0.05, 0) is 29.7 Å². The molecular weight excluding hydrogens is 440 g/mol. The summed E-state index contributed by atoms with van der Waals surface area (Å²) >= 11 is 4.07. The van der Waals surface area contributed by atoms with Crippen molar-refractivity contribution in [2.45, 2.75) is 18.2 Å². The lowest BCUT2D eigenvalue weighted by molar-refractivity contribution is -0.112. The zero-order valence-electron chi connectivity index (χ0n) is 13.9. The molecule has 2 aromatic rings. The molecule has 0 aliphatic rings. The number of anilines is 1. The van der Waals surface area contributed by atoms with Gasteiger partial charge in [-0.2, -0.15) is 5.26 Å². The van der Waals surface area contributed by atoms with Crippen LogP contribution in [0.4, 0.5) is 5.13 Å². The number of carbonyl (C=O) groups excluding carboxylic acids is 1. The van der Waals surface area contributed by atoms with E-state index in [0.717, 1.165) is 15.8 Å². The summed E-state index contributed by atoms with van der Waals surface area (Å²) in [6.07, 6.45) is 1.43. The van der Waals surface area contributed by atoms with Crippen LogP contribution in [0.1, 0.15) is 19.4 Å². The van der Waals surface area contributed by atoms with Crippen LogP contribution < -0.4 is 5.32 Å². The lowest BCUT2D eigenvalue weighted by atomic mass is 10.1. The summed E-state index contributed by atoms with van der Waals surface area (Å²) < 4.78 is 25.0. The van der Waals surface area contributed by atoms with Crippen LogP contribution in [0.2, 0.25) is 0 Å². The van der Waals surface area contributed by atoms with Crippen molar-refractivity contribution in [2.75, 3.05) is 11.1 Å². The second-order valence-corrected chi connectivity index (χ2v) is 9.83. The maximum absolute atomic E-state index is 12.2. The van der Waals surface area contributed by atoms with Crippen molar-refractivity contribution in [3.63, 3.8) is 0 Å². The maximum Gasteiger partial charge on any atom is 0.268 e.